The zero-order valence-corrected chi connectivity index (χ0v) is 8.47. The van der Waals surface area contributed by atoms with Crippen molar-refractivity contribution in [1.82, 2.24) is 9.07 Å². The molecule has 0 saturated carbocycles. The Morgan fingerprint density at radius 1 is 1.25 bits per heavy atom. The fourth-order valence-electron chi connectivity index (χ4n) is 1.31. The summed E-state index contributed by atoms with van der Waals surface area (Å²) in [5.74, 6) is -2.40. The molecule has 2 heterocycles. The zero-order chi connectivity index (χ0) is 11.9. The molecule has 0 spiro atoms. The lowest BCUT2D eigenvalue weighted by Crippen LogP contribution is -2.03. The predicted octanol–water partition coefficient (Wildman–Crippen LogP) is 1.43. The van der Waals surface area contributed by atoms with Crippen LogP contribution in [-0.2, 0) is 0 Å². The van der Waals surface area contributed by atoms with E-state index in [1.807, 2.05) is 0 Å². The van der Waals surface area contributed by atoms with Crippen LogP contribution in [-0.4, -0.2) is 31.2 Å². The molecule has 0 aliphatic heterocycles. The maximum absolute atomic E-state index is 10.8. The van der Waals surface area contributed by atoms with Gasteiger partial charge < -0.3 is 10.2 Å². The molecule has 0 saturated heterocycles. The molecule has 0 atom stereocenters. The molecule has 0 fully saturated rings. The lowest BCUT2D eigenvalue weighted by atomic mass is 10.3. The minimum Gasteiger partial charge on any atom is -0.477 e. The number of hydrogen-bond donors (Lipinski definition) is 2. The second kappa shape index (κ2) is 3.49. The molecule has 0 amide bonds. The quantitative estimate of drug-likeness (QED) is 0.828. The van der Waals surface area contributed by atoms with Crippen LogP contribution in [0.1, 0.15) is 21.0 Å². The van der Waals surface area contributed by atoms with Crippen molar-refractivity contribution in [2.24, 2.45) is 0 Å². The van der Waals surface area contributed by atoms with Crippen LogP contribution in [0.4, 0.5) is 0 Å². The van der Waals surface area contributed by atoms with Gasteiger partial charge in [0.2, 0.25) is 0 Å². The van der Waals surface area contributed by atoms with Crippen LogP contribution in [0.2, 0.25) is 0 Å². The van der Waals surface area contributed by atoms with E-state index in [0.29, 0.717) is 5.39 Å². The van der Waals surface area contributed by atoms with E-state index in [1.165, 1.54) is 18.2 Å². The summed E-state index contributed by atoms with van der Waals surface area (Å²) in [6.07, 6.45) is 0. The van der Waals surface area contributed by atoms with Crippen molar-refractivity contribution in [1.29, 1.82) is 0 Å². The van der Waals surface area contributed by atoms with Crippen LogP contribution in [0.25, 0.3) is 11.0 Å². The first-order valence-electron chi connectivity index (χ1n) is 4.16. The highest BCUT2D eigenvalue weighted by atomic mass is 35.5. The maximum atomic E-state index is 10.8. The van der Waals surface area contributed by atoms with E-state index in [1.54, 1.807) is 0 Å². The van der Waals surface area contributed by atoms with Gasteiger partial charge in [-0.05, 0) is 18.2 Å². The Morgan fingerprint density at radius 3 is 2.50 bits per heavy atom. The Labute approximate surface area is 93.8 Å². The smallest absolute Gasteiger partial charge is 0.354 e. The molecule has 0 aliphatic rings. The molecule has 0 aliphatic carbocycles. The molecule has 2 aromatic heterocycles. The molecular weight excluding hydrogens is 236 g/mol. The van der Waals surface area contributed by atoms with Crippen molar-refractivity contribution >= 4 is 34.7 Å². The minimum atomic E-state index is -1.20. The Morgan fingerprint density at radius 2 is 1.94 bits per heavy atom. The molecule has 2 rings (SSSR count). The van der Waals surface area contributed by atoms with Crippen molar-refractivity contribution in [2.45, 2.75) is 0 Å². The number of aromatic nitrogens is 2. The van der Waals surface area contributed by atoms with Gasteiger partial charge in [-0.25, -0.2) is 18.7 Å². The monoisotopic (exact) mass is 240 g/mol. The normalized spacial score (nSPS) is 10.6. The molecule has 0 radical (unpaired) electrons. The van der Waals surface area contributed by atoms with Gasteiger partial charge in [0.1, 0.15) is 5.69 Å². The summed E-state index contributed by atoms with van der Waals surface area (Å²) < 4.78 is 0.824. The Bertz CT molecular complexity index is 605. The highest BCUT2D eigenvalue weighted by molar-refractivity contribution is 6.21. The van der Waals surface area contributed by atoms with Crippen LogP contribution in [0.3, 0.4) is 0 Å². The lowest BCUT2D eigenvalue weighted by molar-refractivity contribution is 0.0681. The number of nitrogens with zero attached hydrogens (tertiary/aromatic N) is 2. The van der Waals surface area contributed by atoms with Crippen LogP contribution in [0, 0.1) is 0 Å². The van der Waals surface area contributed by atoms with Gasteiger partial charge in [0.15, 0.2) is 11.3 Å². The Hall–Kier alpha value is -2.08. The zero-order valence-electron chi connectivity index (χ0n) is 7.72. The first-order valence-corrected chi connectivity index (χ1v) is 4.50. The lowest BCUT2D eigenvalue weighted by Gasteiger charge is -1.96. The largest absolute Gasteiger partial charge is 0.477 e. The minimum absolute atomic E-state index is 0.110. The van der Waals surface area contributed by atoms with Gasteiger partial charge in [0.25, 0.3) is 0 Å². The molecule has 0 aromatic carbocycles. The highest BCUT2D eigenvalue weighted by Crippen LogP contribution is 2.20. The third-order valence-corrected chi connectivity index (χ3v) is 2.38. The van der Waals surface area contributed by atoms with Gasteiger partial charge in [0.05, 0.1) is 0 Å². The average molecular weight is 241 g/mol. The van der Waals surface area contributed by atoms with E-state index in [4.69, 9.17) is 22.0 Å². The summed E-state index contributed by atoms with van der Waals surface area (Å²) in [4.78, 5) is 25.2. The highest BCUT2D eigenvalue weighted by Gasteiger charge is 2.16. The molecule has 16 heavy (non-hydrogen) atoms. The number of pyridine rings is 1. The molecule has 0 bridgehead atoms. The van der Waals surface area contributed by atoms with Gasteiger partial charge in [-0.2, -0.15) is 0 Å². The number of aromatic carboxylic acids is 2. The number of rotatable bonds is 2. The summed E-state index contributed by atoms with van der Waals surface area (Å²) in [5, 5.41) is 18.0. The number of carboxylic acid groups (broad SMARTS) is 2. The standard InChI is InChI=1S/C9H5ClN2O4/c10-12-6(9(15)16)3-4-1-2-5(8(13)14)11-7(4)12/h1-3H,(H,13,14)(H,15,16). The topological polar surface area (TPSA) is 92.4 Å². The van der Waals surface area contributed by atoms with Crippen molar-refractivity contribution in [3.8, 4) is 0 Å². The second-order valence-electron chi connectivity index (χ2n) is 3.03. The van der Waals surface area contributed by atoms with Crippen LogP contribution in [0.15, 0.2) is 18.2 Å². The van der Waals surface area contributed by atoms with Crippen molar-refractivity contribution < 1.29 is 19.8 Å². The molecule has 0 unspecified atom stereocenters. The summed E-state index contributed by atoms with van der Waals surface area (Å²) in [6, 6.07) is 4.06. The Balaban J connectivity index is 2.73. The van der Waals surface area contributed by atoms with E-state index < -0.39 is 11.9 Å². The van der Waals surface area contributed by atoms with Gasteiger partial charge in [-0.1, -0.05) is 0 Å². The van der Waals surface area contributed by atoms with Crippen molar-refractivity contribution in [3.05, 3.63) is 29.6 Å². The van der Waals surface area contributed by atoms with Crippen molar-refractivity contribution in [2.75, 3.05) is 0 Å². The molecule has 82 valence electrons. The SMILES string of the molecule is O=C(O)c1ccc2cc(C(=O)O)n(Cl)c2n1. The van der Waals surface area contributed by atoms with E-state index in [2.05, 4.69) is 4.98 Å². The predicted molar refractivity (Wildman–Crippen MR) is 54.9 cm³/mol. The van der Waals surface area contributed by atoms with E-state index >= 15 is 0 Å². The van der Waals surface area contributed by atoms with Crippen LogP contribution < -0.4 is 0 Å². The maximum Gasteiger partial charge on any atom is 0.354 e. The molecular formula is C9H5ClN2O4. The number of carboxylic acids is 2. The van der Waals surface area contributed by atoms with E-state index in [-0.39, 0.29) is 17.0 Å². The first-order chi connectivity index (χ1) is 7.50. The van der Waals surface area contributed by atoms with Crippen LogP contribution in [0.5, 0.6) is 0 Å². The average Bonchev–Trinajstić information content (AvgIpc) is 2.56. The number of fused-ring (bicyclic) bond motifs is 1. The van der Waals surface area contributed by atoms with Gasteiger partial charge in [-0.3, -0.25) is 0 Å². The van der Waals surface area contributed by atoms with Gasteiger partial charge >= 0.3 is 11.9 Å². The first kappa shape index (κ1) is 10.4. The number of hydrogen-bond acceptors (Lipinski definition) is 3. The van der Waals surface area contributed by atoms with E-state index in [9.17, 15) is 9.59 Å². The summed E-state index contributed by atoms with van der Waals surface area (Å²) >= 11 is 5.71. The fourth-order valence-corrected chi connectivity index (χ4v) is 1.57. The molecule has 6 nitrogen and oxygen atoms in total. The van der Waals surface area contributed by atoms with E-state index in [0.717, 1.165) is 4.09 Å². The molecule has 7 heteroatoms. The summed E-state index contributed by atoms with van der Waals surface area (Å²) in [5.41, 5.74) is -0.241. The third kappa shape index (κ3) is 1.49. The number of halogens is 1. The van der Waals surface area contributed by atoms with Crippen LogP contribution >= 0.6 is 11.8 Å². The van der Waals surface area contributed by atoms with Crippen molar-refractivity contribution in [3.63, 3.8) is 0 Å². The molecule has 2 N–H and O–H groups in total. The Kier molecular flexibility index (Phi) is 2.28. The second-order valence-corrected chi connectivity index (χ2v) is 3.37. The van der Waals surface area contributed by atoms with Gasteiger partial charge in [0, 0.05) is 17.2 Å². The number of carbonyl (C=O) groups is 2. The molecule has 2 aromatic rings. The van der Waals surface area contributed by atoms with Gasteiger partial charge in [-0.15, -0.1) is 0 Å². The fraction of sp³-hybridized carbons (Fsp3) is 0. The third-order valence-electron chi connectivity index (χ3n) is 2.03. The summed E-state index contributed by atoms with van der Waals surface area (Å²) in [6.45, 7) is 0. The summed E-state index contributed by atoms with van der Waals surface area (Å²) in [7, 11) is 0.